The average Bonchev–Trinajstić information content (AvgIpc) is 2.80. The summed E-state index contributed by atoms with van der Waals surface area (Å²) in [6.45, 7) is 6.68. The Hall–Kier alpha value is -3.04. The second-order valence-electron chi connectivity index (χ2n) is 7.61. The van der Waals surface area contributed by atoms with Gasteiger partial charge < -0.3 is 10.2 Å². The molecular formula is C24H31N3O5S. The molecule has 0 spiro atoms. The normalized spacial score (nSPS) is 11.3. The maximum atomic E-state index is 12.7. The fourth-order valence-corrected chi connectivity index (χ4v) is 4.45. The van der Waals surface area contributed by atoms with Gasteiger partial charge in [0.1, 0.15) is 0 Å². The average molecular weight is 474 g/mol. The van der Waals surface area contributed by atoms with Crippen molar-refractivity contribution in [3.63, 3.8) is 0 Å². The van der Waals surface area contributed by atoms with Gasteiger partial charge in [-0.15, -0.1) is 0 Å². The van der Waals surface area contributed by atoms with Gasteiger partial charge >= 0.3 is 0 Å². The number of anilines is 1. The Kier molecular flexibility index (Phi) is 9.31. The number of Topliss-reactive ketones (excluding diaryl/α,β-unsaturated/α-hetero) is 1. The number of nitrogens with zero attached hydrogens (tertiary/aromatic N) is 2. The summed E-state index contributed by atoms with van der Waals surface area (Å²) in [4.78, 5) is 37.8. The predicted octanol–water partition coefficient (Wildman–Crippen LogP) is 3.41. The lowest BCUT2D eigenvalue weighted by atomic mass is 10.1. The van der Waals surface area contributed by atoms with Gasteiger partial charge in [-0.3, -0.25) is 14.4 Å². The molecule has 0 atom stereocenters. The molecule has 0 radical (unpaired) electrons. The molecule has 0 aliphatic heterocycles. The summed E-state index contributed by atoms with van der Waals surface area (Å²) in [7, 11) is -2.25. The second kappa shape index (κ2) is 11.7. The van der Waals surface area contributed by atoms with Gasteiger partial charge in [0, 0.05) is 49.9 Å². The van der Waals surface area contributed by atoms with Crippen molar-refractivity contribution in [3.05, 3.63) is 59.7 Å². The van der Waals surface area contributed by atoms with Crippen molar-refractivity contribution >= 4 is 33.3 Å². The van der Waals surface area contributed by atoms with Crippen molar-refractivity contribution in [2.45, 2.75) is 38.5 Å². The molecule has 0 heterocycles. The van der Waals surface area contributed by atoms with E-state index in [1.807, 2.05) is 13.8 Å². The van der Waals surface area contributed by atoms with Crippen molar-refractivity contribution in [1.82, 2.24) is 9.21 Å². The molecule has 0 saturated heterocycles. The number of nitrogens with one attached hydrogen (secondary N) is 1. The van der Waals surface area contributed by atoms with Crippen molar-refractivity contribution in [2.24, 2.45) is 0 Å². The lowest BCUT2D eigenvalue weighted by Crippen LogP contribution is -2.30. The van der Waals surface area contributed by atoms with Gasteiger partial charge in [-0.2, -0.15) is 0 Å². The van der Waals surface area contributed by atoms with Gasteiger partial charge in [-0.1, -0.05) is 12.1 Å². The van der Waals surface area contributed by atoms with Crippen LogP contribution >= 0.6 is 0 Å². The van der Waals surface area contributed by atoms with E-state index in [-0.39, 0.29) is 35.5 Å². The SMILES string of the molecule is CCN(CC)C(=O)c1ccc(NC(=O)CCCN(C)S(=O)(=O)c2ccc(C(C)=O)cc2)cc1. The maximum absolute atomic E-state index is 12.7. The maximum Gasteiger partial charge on any atom is 0.253 e. The Bertz CT molecular complexity index is 1080. The molecule has 2 rings (SSSR count). The molecule has 0 aromatic heterocycles. The Morgan fingerprint density at radius 2 is 1.42 bits per heavy atom. The van der Waals surface area contributed by atoms with E-state index in [4.69, 9.17) is 0 Å². The summed E-state index contributed by atoms with van der Waals surface area (Å²) < 4.78 is 26.5. The smallest absolute Gasteiger partial charge is 0.253 e. The second-order valence-corrected chi connectivity index (χ2v) is 9.66. The van der Waals surface area contributed by atoms with Crippen LogP contribution in [-0.2, 0) is 14.8 Å². The van der Waals surface area contributed by atoms with Crippen LogP contribution in [0, 0.1) is 0 Å². The molecule has 1 N–H and O–H groups in total. The van der Waals surface area contributed by atoms with Crippen molar-refractivity contribution in [1.29, 1.82) is 0 Å². The number of carbonyl (C=O) groups is 3. The van der Waals surface area contributed by atoms with E-state index in [2.05, 4.69) is 5.32 Å². The Morgan fingerprint density at radius 1 is 0.879 bits per heavy atom. The molecule has 178 valence electrons. The van der Waals surface area contributed by atoms with Crippen LogP contribution in [0.1, 0.15) is 54.3 Å². The lowest BCUT2D eigenvalue weighted by Gasteiger charge is -2.18. The van der Waals surface area contributed by atoms with Gasteiger partial charge in [-0.25, -0.2) is 12.7 Å². The summed E-state index contributed by atoms with van der Waals surface area (Å²) in [6, 6.07) is 12.5. The zero-order valence-electron chi connectivity index (χ0n) is 19.5. The van der Waals surface area contributed by atoms with E-state index in [0.717, 1.165) is 0 Å². The standard InChI is InChI=1S/C24H31N3O5S/c1-5-27(6-2)24(30)20-9-13-21(14-10-20)25-23(29)8-7-17-26(4)33(31,32)22-15-11-19(12-16-22)18(3)28/h9-16H,5-8,17H2,1-4H3,(H,25,29). The third kappa shape index (κ3) is 6.97. The number of benzene rings is 2. The van der Waals surface area contributed by atoms with E-state index >= 15 is 0 Å². The molecule has 0 saturated carbocycles. The van der Waals surface area contributed by atoms with Crippen molar-refractivity contribution < 1.29 is 22.8 Å². The van der Waals surface area contributed by atoms with E-state index in [9.17, 15) is 22.8 Å². The molecule has 0 unspecified atom stereocenters. The molecule has 0 fully saturated rings. The van der Waals surface area contributed by atoms with Crippen LogP contribution in [-0.4, -0.2) is 61.9 Å². The molecule has 33 heavy (non-hydrogen) atoms. The molecule has 9 heteroatoms. The van der Waals surface area contributed by atoms with Crippen LogP contribution in [0.3, 0.4) is 0 Å². The Labute approximate surface area is 195 Å². The summed E-state index contributed by atoms with van der Waals surface area (Å²) in [5.74, 6) is -0.434. The number of amides is 2. The molecule has 8 nitrogen and oxygen atoms in total. The summed E-state index contributed by atoms with van der Waals surface area (Å²) in [5.41, 5.74) is 1.57. The highest BCUT2D eigenvalue weighted by Gasteiger charge is 2.21. The number of rotatable bonds is 11. The van der Waals surface area contributed by atoms with Crippen LogP contribution in [0.2, 0.25) is 0 Å². The largest absolute Gasteiger partial charge is 0.339 e. The number of sulfonamides is 1. The van der Waals surface area contributed by atoms with Crippen molar-refractivity contribution in [3.8, 4) is 0 Å². The zero-order valence-corrected chi connectivity index (χ0v) is 20.3. The number of hydrogen-bond donors (Lipinski definition) is 1. The molecule has 0 bridgehead atoms. The highest BCUT2D eigenvalue weighted by atomic mass is 32.2. The van der Waals surface area contributed by atoms with Crippen LogP contribution in [0.25, 0.3) is 0 Å². The van der Waals surface area contributed by atoms with E-state index in [1.165, 1.54) is 42.5 Å². The van der Waals surface area contributed by atoms with Gasteiger partial charge in [0.15, 0.2) is 5.78 Å². The van der Waals surface area contributed by atoms with Gasteiger partial charge in [0.2, 0.25) is 15.9 Å². The molecule has 0 aliphatic carbocycles. The molecule has 2 aromatic rings. The first-order valence-electron chi connectivity index (χ1n) is 10.9. The van der Waals surface area contributed by atoms with Crippen LogP contribution in [0.4, 0.5) is 5.69 Å². The fourth-order valence-electron chi connectivity index (χ4n) is 3.24. The highest BCUT2D eigenvalue weighted by molar-refractivity contribution is 7.89. The van der Waals surface area contributed by atoms with Crippen LogP contribution < -0.4 is 5.32 Å². The topological polar surface area (TPSA) is 104 Å². The predicted molar refractivity (Wildman–Crippen MR) is 128 cm³/mol. The summed E-state index contributed by atoms with van der Waals surface area (Å²) in [5, 5.41) is 2.76. The van der Waals surface area contributed by atoms with E-state index in [1.54, 1.807) is 29.2 Å². The minimum atomic E-state index is -3.71. The monoisotopic (exact) mass is 473 g/mol. The summed E-state index contributed by atoms with van der Waals surface area (Å²) in [6.07, 6.45) is 0.481. The third-order valence-electron chi connectivity index (χ3n) is 5.31. The molecular weight excluding hydrogens is 442 g/mol. The van der Waals surface area contributed by atoms with Crippen LogP contribution in [0.5, 0.6) is 0 Å². The van der Waals surface area contributed by atoms with Gasteiger partial charge in [0.05, 0.1) is 4.90 Å². The first-order chi connectivity index (χ1) is 15.6. The van der Waals surface area contributed by atoms with E-state index in [0.29, 0.717) is 36.3 Å². The number of ketones is 1. The number of carbonyl (C=O) groups excluding carboxylic acids is 3. The first-order valence-corrected chi connectivity index (χ1v) is 12.3. The van der Waals surface area contributed by atoms with Gasteiger partial charge in [0.25, 0.3) is 5.91 Å². The van der Waals surface area contributed by atoms with Gasteiger partial charge in [-0.05, 0) is 63.6 Å². The Morgan fingerprint density at radius 3 is 1.94 bits per heavy atom. The zero-order chi connectivity index (χ0) is 24.6. The Balaban J connectivity index is 1.87. The van der Waals surface area contributed by atoms with Crippen molar-refractivity contribution in [2.75, 3.05) is 32.0 Å². The van der Waals surface area contributed by atoms with E-state index < -0.39 is 10.0 Å². The minimum Gasteiger partial charge on any atom is -0.339 e. The molecule has 0 aliphatic rings. The summed E-state index contributed by atoms with van der Waals surface area (Å²) >= 11 is 0. The number of hydrogen-bond acceptors (Lipinski definition) is 5. The molecule has 2 aromatic carbocycles. The van der Waals surface area contributed by atoms with Crippen LogP contribution in [0.15, 0.2) is 53.4 Å². The highest BCUT2D eigenvalue weighted by Crippen LogP contribution is 2.17. The lowest BCUT2D eigenvalue weighted by molar-refractivity contribution is -0.116. The third-order valence-corrected chi connectivity index (χ3v) is 7.18. The fraction of sp³-hybridized carbons (Fsp3) is 0.375. The minimum absolute atomic E-state index is 0.0574. The molecule has 2 amide bonds. The first kappa shape index (κ1) is 26.2. The quantitative estimate of drug-likeness (QED) is 0.504.